The van der Waals surface area contributed by atoms with Crippen molar-refractivity contribution in [1.29, 1.82) is 0 Å². The Labute approximate surface area is 121 Å². The van der Waals surface area contributed by atoms with Gasteiger partial charge in [0.05, 0.1) is 12.2 Å². The normalized spacial score (nSPS) is 10.5. The molecule has 104 valence electrons. The summed E-state index contributed by atoms with van der Waals surface area (Å²) in [6, 6.07) is 19.7. The van der Waals surface area contributed by atoms with Crippen LogP contribution in [0.25, 0.3) is 11.3 Å². The summed E-state index contributed by atoms with van der Waals surface area (Å²) in [5, 5.41) is 13.9. The fourth-order valence-electron chi connectivity index (χ4n) is 2.14. The van der Waals surface area contributed by atoms with Crippen molar-refractivity contribution in [2.75, 3.05) is 0 Å². The lowest BCUT2D eigenvalue weighted by molar-refractivity contribution is 0.475. The SMILES string of the molecule is O=c1ccc(-c2cccc(O)c2)nn1Cc1ccccc1. The molecule has 1 N–H and O–H groups in total. The van der Waals surface area contributed by atoms with Crippen LogP contribution < -0.4 is 5.56 Å². The first kappa shape index (κ1) is 13.1. The van der Waals surface area contributed by atoms with Crippen LogP contribution in [0.4, 0.5) is 0 Å². The van der Waals surface area contributed by atoms with Gasteiger partial charge < -0.3 is 5.11 Å². The summed E-state index contributed by atoms with van der Waals surface area (Å²) >= 11 is 0. The van der Waals surface area contributed by atoms with Gasteiger partial charge in [0, 0.05) is 11.6 Å². The summed E-state index contributed by atoms with van der Waals surface area (Å²) in [6.45, 7) is 0.423. The van der Waals surface area contributed by atoms with E-state index in [1.165, 1.54) is 10.7 Å². The molecule has 0 atom stereocenters. The fraction of sp³-hybridized carbons (Fsp3) is 0.0588. The Kier molecular flexibility index (Phi) is 3.51. The van der Waals surface area contributed by atoms with Crippen LogP contribution in [-0.4, -0.2) is 14.9 Å². The van der Waals surface area contributed by atoms with Crippen molar-refractivity contribution in [2.24, 2.45) is 0 Å². The summed E-state index contributed by atoms with van der Waals surface area (Å²) in [5.74, 6) is 0.176. The second-order valence-electron chi connectivity index (χ2n) is 4.75. The molecule has 1 aromatic heterocycles. The average molecular weight is 278 g/mol. The summed E-state index contributed by atoms with van der Waals surface area (Å²) in [7, 11) is 0. The third kappa shape index (κ3) is 3.00. The van der Waals surface area contributed by atoms with Crippen molar-refractivity contribution in [3.63, 3.8) is 0 Å². The van der Waals surface area contributed by atoms with Crippen LogP contribution in [-0.2, 0) is 6.54 Å². The van der Waals surface area contributed by atoms with Gasteiger partial charge in [0.15, 0.2) is 0 Å². The van der Waals surface area contributed by atoms with E-state index in [4.69, 9.17) is 0 Å². The van der Waals surface area contributed by atoms with E-state index in [1.807, 2.05) is 36.4 Å². The van der Waals surface area contributed by atoms with Crippen molar-refractivity contribution in [1.82, 2.24) is 9.78 Å². The van der Waals surface area contributed by atoms with E-state index in [2.05, 4.69) is 5.10 Å². The molecule has 0 spiro atoms. The molecule has 3 aromatic rings. The maximum absolute atomic E-state index is 11.9. The maximum atomic E-state index is 11.9. The first-order valence-electron chi connectivity index (χ1n) is 6.64. The molecule has 1 heterocycles. The van der Waals surface area contributed by atoms with Gasteiger partial charge in [0.1, 0.15) is 5.75 Å². The predicted molar refractivity (Wildman–Crippen MR) is 81.1 cm³/mol. The second-order valence-corrected chi connectivity index (χ2v) is 4.75. The Morgan fingerprint density at radius 3 is 2.52 bits per heavy atom. The minimum atomic E-state index is -0.150. The molecule has 0 amide bonds. The fourth-order valence-corrected chi connectivity index (χ4v) is 2.14. The van der Waals surface area contributed by atoms with E-state index in [0.29, 0.717) is 12.2 Å². The minimum Gasteiger partial charge on any atom is -0.508 e. The zero-order chi connectivity index (χ0) is 14.7. The highest BCUT2D eigenvalue weighted by Gasteiger charge is 2.05. The molecule has 0 aliphatic rings. The van der Waals surface area contributed by atoms with E-state index in [1.54, 1.807) is 24.3 Å². The van der Waals surface area contributed by atoms with Gasteiger partial charge in [0.2, 0.25) is 0 Å². The Morgan fingerprint density at radius 2 is 1.76 bits per heavy atom. The summed E-state index contributed by atoms with van der Waals surface area (Å²) in [4.78, 5) is 11.9. The van der Waals surface area contributed by atoms with Gasteiger partial charge in [-0.1, -0.05) is 42.5 Å². The highest BCUT2D eigenvalue weighted by molar-refractivity contribution is 5.60. The van der Waals surface area contributed by atoms with E-state index in [-0.39, 0.29) is 11.3 Å². The molecule has 4 heteroatoms. The Hall–Kier alpha value is -2.88. The zero-order valence-corrected chi connectivity index (χ0v) is 11.3. The quantitative estimate of drug-likeness (QED) is 0.801. The second kappa shape index (κ2) is 5.63. The summed E-state index contributed by atoms with van der Waals surface area (Å²) < 4.78 is 1.43. The van der Waals surface area contributed by atoms with Crippen LogP contribution in [0.15, 0.2) is 71.5 Å². The van der Waals surface area contributed by atoms with Crippen molar-refractivity contribution < 1.29 is 5.11 Å². The van der Waals surface area contributed by atoms with Crippen molar-refractivity contribution in [3.8, 4) is 17.0 Å². The van der Waals surface area contributed by atoms with Crippen LogP contribution >= 0.6 is 0 Å². The Balaban J connectivity index is 1.99. The molecule has 0 saturated heterocycles. The highest BCUT2D eigenvalue weighted by Crippen LogP contribution is 2.20. The van der Waals surface area contributed by atoms with Gasteiger partial charge >= 0.3 is 0 Å². The first-order valence-corrected chi connectivity index (χ1v) is 6.64. The third-order valence-electron chi connectivity index (χ3n) is 3.18. The number of phenols is 1. The zero-order valence-electron chi connectivity index (χ0n) is 11.3. The van der Waals surface area contributed by atoms with Crippen molar-refractivity contribution in [3.05, 3.63) is 82.6 Å². The van der Waals surface area contributed by atoms with Crippen molar-refractivity contribution >= 4 is 0 Å². The molecule has 4 nitrogen and oxygen atoms in total. The third-order valence-corrected chi connectivity index (χ3v) is 3.18. The Bertz CT molecular complexity index is 810. The van der Waals surface area contributed by atoms with Gasteiger partial charge in [-0.05, 0) is 23.8 Å². The van der Waals surface area contributed by atoms with E-state index < -0.39 is 0 Å². The van der Waals surface area contributed by atoms with Crippen LogP contribution in [0.3, 0.4) is 0 Å². The smallest absolute Gasteiger partial charge is 0.267 e. The van der Waals surface area contributed by atoms with Crippen LogP contribution in [0, 0.1) is 0 Å². The number of hydrogen-bond acceptors (Lipinski definition) is 3. The topological polar surface area (TPSA) is 55.1 Å². The first-order chi connectivity index (χ1) is 10.2. The molecule has 0 saturated carbocycles. The maximum Gasteiger partial charge on any atom is 0.267 e. The van der Waals surface area contributed by atoms with Crippen LogP contribution in [0.2, 0.25) is 0 Å². The van der Waals surface area contributed by atoms with Gasteiger partial charge in [0.25, 0.3) is 5.56 Å². The Morgan fingerprint density at radius 1 is 0.952 bits per heavy atom. The largest absolute Gasteiger partial charge is 0.508 e. The number of aromatic nitrogens is 2. The summed E-state index contributed by atoms with van der Waals surface area (Å²) in [6.07, 6.45) is 0. The molecule has 0 bridgehead atoms. The standard InChI is InChI=1S/C17H14N2O2/c20-15-8-4-7-14(11-15)16-9-10-17(21)19(18-16)12-13-5-2-1-3-6-13/h1-11,20H,12H2. The number of aromatic hydroxyl groups is 1. The monoisotopic (exact) mass is 278 g/mol. The minimum absolute atomic E-state index is 0.150. The van der Waals surface area contributed by atoms with E-state index >= 15 is 0 Å². The predicted octanol–water partition coefficient (Wildman–Crippen LogP) is 2.66. The van der Waals surface area contributed by atoms with Crippen molar-refractivity contribution in [2.45, 2.75) is 6.54 Å². The number of phenolic OH excluding ortho intramolecular Hbond substituents is 1. The van der Waals surface area contributed by atoms with E-state index in [0.717, 1.165) is 11.1 Å². The molecule has 0 radical (unpaired) electrons. The number of hydrogen-bond donors (Lipinski definition) is 1. The van der Waals surface area contributed by atoms with Gasteiger partial charge in [-0.25, -0.2) is 4.68 Å². The molecule has 0 fully saturated rings. The molecule has 2 aromatic carbocycles. The summed E-state index contributed by atoms with van der Waals surface area (Å²) in [5.41, 5.74) is 2.29. The number of rotatable bonds is 3. The number of nitrogens with zero attached hydrogens (tertiary/aromatic N) is 2. The van der Waals surface area contributed by atoms with Crippen LogP contribution in [0.1, 0.15) is 5.56 Å². The molecule has 0 aliphatic heterocycles. The lowest BCUT2D eigenvalue weighted by atomic mass is 10.1. The average Bonchev–Trinajstić information content (AvgIpc) is 2.50. The van der Waals surface area contributed by atoms with Crippen LogP contribution in [0.5, 0.6) is 5.75 Å². The van der Waals surface area contributed by atoms with Gasteiger partial charge in [-0.2, -0.15) is 5.10 Å². The van der Waals surface area contributed by atoms with E-state index in [9.17, 15) is 9.90 Å². The highest BCUT2D eigenvalue weighted by atomic mass is 16.3. The van der Waals surface area contributed by atoms with Gasteiger partial charge in [-0.3, -0.25) is 4.79 Å². The molecular formula is C17H14N2O2. The number of benzene rings is 2. The van der Waals surface area contributed by atoms with Gasteiger partial charge in [-0.15, -0.1) is 0 Å². The molecule has 0 aliphatic carbocycles. The molecule has 21 heavy (non-hydrogen) atoms. The lowest BCUT2D eigenvalue weighted by Crippen LogP contribution is -2.22. The molecular weight excluding hydrogens is 264 g/mol. The molecule has 0 unspecified atom stereocenters. The molecule has 3 rings (SSSR count). The lowest BCUT2D eigenvalue weighted by Gasteiger charge is -2.07.